The summed E-state index contributed by atoms with van der Waals surface area (Å²) in [4.78, 5) is 22.9. The molecule has 1 saturated carbocycles. The Hall–Kier alpha value is -2.40. The molecule has 1 aromatic carbocycles. The third kappa shape index (κ3) is 7.85. The molecule has 3 rings (SSSR count). The Kier molecular flexibility index (Phi) is 9.74. The highest BCUT2D eigenvalue weighted by molar-refractivity contribution is 5.76. The Morgan fingerprint density at radius 1 is 1.21 bits per heavy atom. The van der Waals surface area contributed by atoms with Crippen LogP contribution in [-0.2, 0) is 20.7 Å². The third-order valence-electron chi connectivity index (χ3n) is 7.02. The number of ether oxygens (including phenoxy) is 1. The lowest BCUT2D eigenvalue weighted by Crippen LogP contribution is -2.25. The largest absolute Gasteiger partial charge is 0.469 e. The monoisotopic (exact) mass is 453 g/mol. The van der Waals surface area contributed by atoms with E-state index in [1.807, 2.05) is 0 Å². The van der Waals surface area contributed by atoms with Crippen LogP contribution in [0.2, 0.25) is 0 Å². The topological polar surface area (TPSA) is 75.6 Å². The van der Waals surface area contributed by atoms with Gasteiger partial charge < -0.3 is 15.2 Å². The van der Waals surface area contributed by atoms with E-state index in [2.05, 4.69) is 59.5 Å². The molecule has 1 aromatic rings. The van der Waals surface area contributed by atoms with Crippen molar-refractivity contribution < 1.29 is 19.4 Å². The molecule has 0 spiro atoms. The number of aliphatic hydroxyl groups excluding tert-OH is 1. The second kappa shape index (κ2) is 12.7. The molecule has 2 N–H and O–H groups in total. The van der Waals surface area contributed by atoms with E-state index in [1.54, 1.807) is 0 Å². The van der Waals surface area contributed by atoms with Crippen molar-refractivity contribution >= 4 is 11.9 Å². The molecule has 2 aliphatic rings. The zero-order valence-electron chi connectivity index (χ0n) is 20.1. The number of hydrogen-bond acceptors (Lipinski definition) is 4. The molecule has 5 nitrogen and oxygen atoms in total. The molecule has 0 aliphatic heterocycles. The number of aryl methyl sites for hydroxylation is 2. The van der Waals surface area contributed by atoms with Crippen LogP contribution in [0.15, 0.2) is 48.1 Å². The Morgan fingerprint density at radius 3 is 2.85 bits per heavy atom. The lowest BCUT2D eigenvalue weighted by molar-refractivity contribution is -0.140. The lowest BCUT2D eigenvalue weighted by atomic mass is 9.88. The molecular weight excluding hydrogens is 414 g/mol. The molecular formula is C28H39NO4. The number of benzene rings is 1. The number of nitrogens with one attached hydrogen (secondary N) is 1. The summed E-state index contributed by atoms with van der Waals surface area (Å²) in [5.74, 6) is 0.949. The van der Waals surface area contributed by atoms with Crippen LogP contribution >= 0.6 is 0 Å². The van der Waals surface area contributed by atoms with Crippen LogP contribution in [0.3, 0.4) is 0 Å². The zero-order valence-corrected chi connectivity index (χ0v) is 20.1. The van der Waals surface area contributed by atoms with Crippen molar-refractivity contribution in [1.29, 1.82) is 0 Å². The zero-order chi connectivity index (χ0) is 23.6. The van der Waals surface area contributed by atoms with Gasteiger partial charge in [-0.2, -0.15) is 0 Å². The average molecular weight is 454 g/mol. The number of unbranched alkanes of at least 4 members (excludes halogenated alkanes) is 1. The van der Waals surface area contributed by atoms with E-state index in [1.165, 1.54) is 23.8 Å². The molecule has 1 fully saturated rings. The molecule has 0 saturated heterocycles. The number of esters is 1. The number of allylic oxidation sites excluding steroid dienone is 3. The number of carbonyl (C=O) groups is 2. The van der Waals surface area contributed by atoms with Gasteiger partial charge in [0.15, 0.2) is 0 Å². The van der Waals surface area contributed by atoms with Gasteiger partial charge in [-0.15, -0.1) is 0 Å². The van der Waals surface area contributed by atoms with E-state index in [0.717, 1.165) is 44.9 Å². The first kappa shape index (κ1) is 25.2. The molecule has 0 aromatic heterocycles. The van der Waals surface area contributed by atoms with Crippen molar-refractivity contribution in [1.82, 2.24) is 5.32 Å². The molecule has 1 amide bonds. The van der Waals surface area contributed by atoms with Gasteiger partial charge in [-0.3, -0.25) is 9.59 Å². The number of hydrogen-bond donors (Lipinski definition) is 2. The Bertz CT molecular complexity index is 859. The average Bonchev–Trinajstić information content (AvgIpc) is 3.30. The highest BCUT2D eigenvalue weighted by Gasteiger charge is 2.43. The maximum absolute atomic E-state index is 11.9. The molecule has 0 bridgehead atoms. The van der Waals surface area contributed by atoms with Crippen LogP contribution in [0.25, 0.3) is 0 Å². The minimum Gasteiger partial charge on any atom is -0.469 e. The molecule has 5 heteroatoms. The molecule has 0 radical (unpaired) electrons. The van der Waals surface area contributed by atoms with Gasteiger partial charge in [-0.25, -0.2) is 0 Å². The minimum absolute atomic E-state index is 0.00448. The third-order valence-corrected chi connectivity index (χ3v) is 7.02. The van der Waals surface area contributed by atoms with Gasteiger partial charge in [-0.05, 0) is 69.3 Å². The molecule has 0 unspecified atom stereocenters. The number of aliphatic hydroxyl groups is 1. The van der Waals surface area contributed by atoms with Gasteiger partial charge >= 0.3 is 5.97 Å². The van der Waals surface area contributed by atoms with Gasteiger partial charge in [-0.1, -0.05) is 53.6 Å². The van der Waals surface area contributed by atoms with E-state index in [0.29, 0.717) is 24.8 Å². The summed E-state index contributed by atoms with van der Waals surface area (Å²) in [7, 11) is 1.35. The van der Waals surface area contributed by atoms with Crippen molar-refractivity contribution in [3.05, 3.63) is 59.2 Å². The Labute approximate surface area is 198 Å². The standard InChI is InChI=1S/C28H39NO4/c1-20-8-7-11-21(16-20)9-3-5-12-24-25-18-22(17-23(25)19-26(24)30)10-4-6-13-27(31)29-15-14-28(32)33-2/h5,7-8,11-12,16-17,23-26,30H,3-4,6,9-10,13-15,18-19H2,1-2H3,(H,29,31)/b12-5+/t23-,24+,25-,26+/m0/s1. The van der Waals surface area contributed by atoms with E-state index < -0.39 is 0 Å². The fourth-order valence-corrected chi connectivity index (χ4v) is 5.29. The number of fused-ring (bicyclic) bond motifs is 1. The fourth-order valence-electron chi connectivity index (χ4n) is 5.29. The fraction of sp³-hybridized carbons (Fsp3) is 0.571. The molecule has 33 heavy (non-hydrogen) atoms. The Morgan fingerprint density at radius 2 is 2.06 bits per heavy atom. The van der Waals surface area contributed by atoms with Crippen molar-refractivity contribution in [2.45, 2.75) is 70.8 Å². The first-order valence-electron chi connectivity index (χ1n) is 12.4. The first-order valence-corrected chi connectivity index (χ1v) is 12.4. The van der Waals surface area contributed by atoms with Gasteiger partial charge in [0.05, 0.1) is 19.6 Å². The van der Waals surface area contributed by atoms with Crippen molar-refractivity contribution in [3.8, 4) is 0 Å². The van der Waals surface area contributed by atoms with E-state index >= 15 is 0 Å². The maximum Gasteiger partial charge on any atom is 0.307 e. The smallest absolute Gasteiger partial charge is 0.307 e. The normalized spacial score (nSPS) is 24.0. The second-order valence-corrected chi connectivity index (χ2v) is 9.58. The van der Waals surface area contributed by atoms with Crippen molar-refractivity contribution in [2.75, 3.05) is 13.7 Å². The van der Waals surface area contributed by atoms with Crippen molar-refractivity contribution in [2.24, 2.45) is 17.8 Å². The van der Waals surface area contributed by atoms with E-state index in [-0.39, 0.29) is 30.3 Å². The summed E-state index contributed by atoms with van der Waals surface area (Å²) >= 11 is 0. The summed E-state index contributed by atoms with van der Waals surface area (Å²) in [6, 6.07) is 8.67. The van der Waals surface area contributed by atoms with E-state index in [9.17, 15) is 14.7 Å². The number of rotatable bonds is 12. The van der Waals surface area contributed by atoms with Gasteiger partial charge in [0, 0.05) is 18.9 Å². The van der Waals surface area contributed by atoms with Gasteiger partial charge in [0.25, 0.3) is 0 Å². The summed E-state index contributed by atoms with van der Waals surface area (Å²) in [6.45, 7) is 2.46. The molecule has 4 atom stereocenters. The number of amides is 1. The summed E-state index contributed by atoms with van der Waals surface area (Å²) in [5.41, 5.74) is 4.15. The first-order chi connectivity index (χ1) is 16.0. The highest BCUT2D eigenvalue weighted by atomic mass is 16.5. The van der Waals surface area contributed by atoms with Crippen LogP contribution in [0, 0.1) is 24.7 Å². The second-order valence-electron chi connectivity index (χ2n) is 9.58. The predicted molar refractivity (Wildman–Crippen MR) is 131 cm³/mol. The van der Waals surface area contributed by atoms with E-state index in [4.69, 9.17) is 0 Å². The van der Waals surface area contributed by atoms with Crippen LogP contribution in [0.4, 0.5) is 0 Å². The van der Waals surface area contributed by atoms with Crippen LogP contribution in [0.5, 0.6) is 0 Å². The quantitative estimate of drug-likeness (QED) is 0.274. The van der Waals surface area contributed by atoms with Crippen molar-refractivity contribution in [3.63, 3.8) is 0 Å². The number of carbonyl (C=O) groups excluding carboxylic acids is 2. The van der Waals surface area contributed by atoms with Gasteiger partial charge in [0.2, 0.25) is 5.91 Å². The highest BCUT2D eigenvalue weighted by Crippen LogP contribution is 2.48. The lowest BCUT2D eigenvalue weighted by Gasteiger charge is -2.18. The summed E-state index contributed by atoms with van der Waals surface area (Å²) in [5, 5.41) is 13.3. The summed E-state index contributed by atoms with van der Waals surface area (Å²) < 4.78 is 4.57. The Balaban J connectivity index is 1.34. The SMILES string of the molecule is COC(=O)CCNC(=O)CCCCC1=C[C@H]2C[C@@H](O)[C@H](/C=C/CCc3cccc(C)c3)[C@H]2C1. The van der Waals surface area contributed by atoms with Crippen LogP contribution < -0.4 is 5.32 Å². The minimum atomic E-state index is -0.307. The molecule has 0 heterocycles. The predicted octanol–water partition coefficient (Wildman–Crippen LogP) is 4.67. The number of methoxy groups -OCH3 is 1. The van der Waals surface area contributed by atoms with Crippen LogP contribution in [0.1, 0.15) is 62.5 Å². The van der Waals surface area contributed by atoms with Crippen LogP contribution in [-0.4, -0.2) is 36.7 Å². The molecule has 180 valence electrons. The molecule has 2 aliphatic carbocycles. The maximum atomic E-state index is 11.9. The van der Waals surface area contributed by atoms with Gasteiger partial charge in [0.1, 0.15) is 0 Å². The summed E-state index contributed by atoms with van der Waals surface area (Å²) in [6.07, 6.45) is 14.2.